The minimum Gasteiger partial charge on any atom is -0.464 e. The van der Waals surface area contributed by atoms with Gasteiger partial charge in [-0.15, -0.1) is 24.0 Å². The van der Waals surface area contributed by atoms with E-state index in [1.165, 1.54) is 0 Å². The van der Waals surface area contributed by atoms with Crippen molar-refractivity contribution in [2.75, 3.05) is 13.6 Å². The van der Waals surface area contributed by atoms with Gasteiger partial charge >= 0.3 is 0 Å². The maximum atomic E-state index is 5.61. The second-order valence-electron chi connectivity index (χ2n) is 5.76. The van der Waals surface area contributed by atoms with Gasteiger partial charge in [0.1, 0.15) is 11.5 Å². The molecule has 0 fully saturated rings. The fourth-order valence-electron chi connectivity index (χ4n) is 2.05. The number of furan rings is 1. The predicted octanol–water partition coefficient (Wildman–Crippen LogP) is 3.18. The number of nitrogens with one attached hydrogen (secondary N) is 2. The summed E-state index contributed by atoms with van der Waals surface area (Å²) in [5.74, 6) is 4.12. The van der Waals surface area contributed by atoms with Gasteiger partial charge in [0.05, 0.1) is 6.04 Å². The number of guanidine groups is 1. The Morgan fingerprint density at radius 1 is 1.29 bits per heavy atom. The number of hydrogen-bond donors (Lipinski definition) is 2. The Morgan fingerprint density at radius 2 is 2.04 bits per heavy atom. The van der Waals surface area contributed by atoms with E-state index in [4.69, 9.17) is 8.94 Å². The van der Waals surface area contributed by atoms with E-state index in [-0.39, 0.29) is 35.9 Å². The van der Waals surface area contributed by atoms with Gasteiger partial charge in [0.15, 0.2) is 11.8 Å². The third-order valence-electron chi connectivity index (χ3n) is 3.40. The standard InChI is InChI=1S/C16H25N5O2.HI/c1-10(2)15-20-14(23-21-15)8-9-18-16(17-5)19-12(4)13-7-6-11(3)22-13;/h6-7,10,12H,8-9H2,1-5H3,(H2,17,18,19);1H. The molecule has 7 nitrogen and oxygen atoms in total. The fourth-order valence-corrected chi connectivity index (χ4v) is 2.05. The summed E-state index contributed by atoms with van der Waals surface area (Å²) in [5, 5.41) is 10.5. The van der Waals surface area contributed by atoms with Crippen LogP contribution in [-0.2, 0) is 6.42 Å². The van der Waals surface area contributed by atoms with E-state index in [9.17, 15) is 0 Å². The Bertz CT molecular complexity index is 650. The zero-order valence-corrected chi connectivity index (χ0v) is 17.1. The molecule has 2 aromatic rings. The van der Waals surface area contributed by atoms with Gasteiger partial charge in [0.25, 0.3) is 0 Å². The lowest BCUT2D eigenvalue weighted by Crippen LogP contribution is -2.39. The summed E-state index contributed by atoms with van der Waals surface area (Å²) in [7, 11) is 1.74. The smallest absolute Gasteiger partial charge is 0.228 e. The van der Waals surface area contributed by atoms with Crippen molar-refractivity contribution >= 4 is 29.9 Å². The van der Waals surface area contributed by atoms with Gasteiger partial charge in [0, 0.05) is 25.9 Å². The first-order valence-corrected chi connectivity index (χ1v) is 7.85. The lowest BCUT2D eigenvalue weighted by atomic mass is 10.2. The summed E-state index contributed by atoms with van der Waals surface area (Å²) in [4.78, 5) is 8.56. The molecule has 0 saturated heterocycles. The van der Waals surface area contributed by atoms with Crippen LogP contribution >= 0.6 is 24.0 Å². The summed E-state index contributed by atoms with van der Waals surface area (Å²) in [6.07, 6.45) is 0.647. The van der Waals surface area contributed by atoms with E-state index in [1.54, 1.807) is 7.05 Å². The van der Waals surface area contributed by atoms with Crippen LogP contribution in [0.15, 0.2) is 26.1 Å². The highest BCUT2D eigenvalue weighted by Gasteiger charge is 2.12. The van der Waals surface area contributed by atoms with Crippen LogP contribution in [0.1, 0.15) is 56.0 Å². The first-order valence-electron chi connectivity index (χ1n) is 7.85. The number of halogens is 1. The van der Waals surface area contributed by atoms with Crippen molar-refractivity contribution in [3.05, 3.63) is 35.4 Å². The zero-order chi connectivity index (χ0) is 16.8. The van der Waals surface area contributed by atoms with Crippen molar-refractivity contribution in [2.45, 2.75) is 46.1 Å². The maximum absolute atomic E-state index is 5.61. The van der Waals surface area contributed by atoms with E-state index in [2.05, 4.69) is 25.8 Å². The fraction of sp³-hybridized carbons (Fsp3) is 0.562. The minimum atomic E-state index is 0. The molecule has 2 rings (SSSR count). The van der Waals surface area contributed by atoms with Gasteiger partial charge in [0.2, 0.25) is 5.89 Å². The second kappa shape index (κ2) is 9.65. The van der Waals surface area contributed by atoms with Gasteiger partial charge in [-0.25, -0.2) is 0 Å². The van der Waals surface area contributed by atoms with Gasteiger partial charge in [-0.2, -0.15) is 4.98 Å². The molecule has 24 heavy (non-hydrogen) atoms. The molecule has 2 aromatic heterocycles. The minimum absolute atomic E-state index is 0. The van der Waals surface area contributed by atoms with Crippen molar-refractivity contribution in [1.29, 1.82) is 0 Å². The molecule has 0 aliphatic carbocycles. The highest BCUT2D eigenvalue weighted by Crippen LogP contribution is 2.15. The molecule has 2 N–H and O–H groups in total. The molecule has 2 heterocycles. The van der Waals surface area contributed by atoms with Gasteiger partial charge in [-0.1, -0.05) is 19.0 Å². The van der Waals surface area contributed by atoms with E-state index < -0.39 is 0 Å². The van der Waals surface area contributed by atoms with Crippen molar-refractivity contribution in [3.8, 4) is 0 Å². The van der Waals surface area contributed by atoms with Crippen molar-refractivity contribution in [2.24, 2.45) is 4.99 Å². The zero-order valence-electron chi connectivity index (χ0n) is 14.8. The number of rotatable bonds is 6. The Morgan fingerprint density at radius 3 is 2.58 bits per heavy atom. The lowest BCUT2D eigenvalue weighted by Gasteiger charge is -2.15. The quantitative estimate of drug-likeness (QED) is 0.402. The summed E-state index contributed by atoms with van der Waals surface area (Å²) in [6.45, 7) is 8.69. The second-order valence-corrected chi connectivity index (χ2v) is 5.76. The van der Waals surface area contributed by atoms with Gasteiger partial charge < -0.3 is 19.6 Å². The summed E-state index contributed by atoms with van der Waals surface area (Å²) in [6, 6.07) is 3.95. The van der Waals surface area contributed by atoms with E-state index in [0.29, 0.717) is 24.8 Å². The number of nitrogens with zero attached hydrogens (tertiary/aromatic N) is 3. The molecular weight excluding hydrogens is 421 g/mol. The lowest BCUT2D eigenvalue weighted by molar-refractivity contribution is 0.371. The van der Waals surface area contributed by atoms with Crippen LogP contribution in [0.3, 0.4) is 0 Å². The third-order valence-corrected chi connectivity index (χ3v) is 3.40. The third kappa shape index (κ3) is 5.81. The molecule has 0 saturated carbocycles. The summed E-state index contributed by atoms with van der Waals surface area (Å²) in [5.41, 5.74) is 0. The molecule has 0 aliphatic rings. The molecule has 0 bridgehead atoms. The predicted molar refractivity (Wildman–Crippen MR) is 104 cm³/mol. The largest absolute Gasteiger partial charge is 0.464 e. The number of aromatic nitrogens is 2. The molecule has 8 heteroatoms. The monoisotopic (exact) mass is 447 g/mol. The highest BCUT2D eigenvalue weighted by atomic mass is 127. The van der Waals surface area contributed by atoms with Gasteiger partial charge in [-0.05, 0) is 26.0 Å². The molecule has 0 aromatic carbocycles. The van der Waals surface area contributed by atoms with E-state index in [1.807, 2.05) is 39.8 Å². The Labute approximate surface area is 159 Å². The van der Waals surface area contributed by atoms with Crippen LogP contribution in [0.25, 0.3) is 0 Å². The van der Waals surface area contributed by atoms with Gasteiger partial charge in [-0.3, -0.25) is 4.99 Å². The van der Waals surface area contributed by atoms with E-state index >= 15 is 0 Å². The summed E-state index contributed by atoms with van der Waals surface area (Å²) < 4.78 is 10.8. The molecule has 0 amide bonds. The number of hydrogen-bond acceptors (Lipinski definition) is 5. The Kier molecular flexibility index (Phi) is 8.23. The molecule has 0 radical (unpaired) electrons. The number of aliphatic imine (C=N–C) groups is 1. The average Bonchev–Trinajstić information content (AvgIpc) is 3.15. The van der Waals surface area contributed by atoms with Crippen LogP contribution in [0.2, 0.25) is 0 Å². The Balaban J connectivity index is 0.00000288. The van der Waals surface area contributed by atoms with Crippen molar-refractivity contribution in [3.63, 3.8) is 0 Å². The highest BCUT2D eigenvalue weighted by molar-refractivity contribution is 14.0. The van der Waals surface area contributed by atoms with Crippen LogP contribution in [-0.4, -0.2) is 29.7 Å². The van der Waals surface area contributed by atoms with Crippen LogP contribution in [0.5, 0.6) is 0 Å². The average molecular weight is 447 g/mol. The molecule has 0 spiro atoms. The van der Waals surface area contributed by atoms with Crippen LogP contribution < -0.4 is 10.6 Å². The first-order chi connectivity index (χ1) is 11.0. The van der Waals surface area contributed by atoms with Crippen LogP contribution in [0.4, 0.5) is 0 Å². The molecule has 1 atom stereocenters. The normalized spacial score (nSPS) is 12.8. The Hall–Kier alpha value is -1.58. The van der Waals surface area contributed by atoms with Crippen molar-refractivity contribution in [1.82, 2.24) is 20.8 Å². The SMILES string of the molecule is CN=C(NCCc1nc(C(C)C)no1)NC(C)c1ccc(C)o1.I. The maximum Gasteiger partial charge on any atom is 0.228 e. The van der Waals surface area contributed by atoms with Crippen molar-refractivity contribution < 1.29 is 8.94 Å². The molecular formula is C16H26IN5O2. The van der Waals surface area contributed by atoms with Crippen LogP contribution in [0, 0.1) is 6.92 Å². The molecule has 0 aliphatic heterocycles. The summed E-state index contributed by atoms with van der Waals surface area (Å²) >= 11 is 0. The molecule has 134 valence electrons. The van der Waals surface area contributed by atoms with E-state index in [0.717, 1.165) is 17.3 Å². The topological polar surface area (TPSA) is 88.5 Å². The number of aryl methyl sites for hydroxylation is 1. The first kappa shape index (κ1) is 20.5. The molecule has 1 unspecified atom stereocenters.